The molecule has 2 aromatic rings. The Labute approximate surface area is 152 Å². The summed E-state index contributed by atoms with van der Waals surface area (Å²) >= 11 is 0. The minimum absolute atomic E-state index is 0.0247. The lowest BCUT2D eigenvalue weighted by atomic mass is 9.99. The van der Waals surface area contributed by atoms with Crippen molar-refractivity contribution in [3.05, 3.63) is 53.6 Å². The molecule has 0 unspecified atom stereocenters. The van der Waals surface area contributed by atoms with Crippen LogP contribution in [0.2, 0.25) is 0 Å². The summed E-state index contributed by atoms with van der Waals surface area (Å²) in [5.41, 5.74) is 2.68. The van der Waals surface area contributed by atoms with Crippen LogP contribution < -0.4 is 10.6 Å². The van der Waals surface area contributed by atoms with Crippen molar-refractivity contribution >= 4 is 33.0 Å². The van der Waals surface area contributed by atoms with Crippen molar-refractivity contribution in [3.8, 4) is 0 Å². The fraction of sp³-hybridized carbons (Fsp3) is 0.263. The van der Waals surface area contributed by atoms with Gasteiger partial charge in [-0.05, 0) is 35.2 Å². The Bertz CT molecular complexity index is 981. The summed E-state index contributed by atoms with van der Waals surface area (Å²) in [5, 5.41) is 5.24. The molecule has 26 heavy (non-hydrogen) atoms. The van der Waals surface area contributed by atoms with Crippen LogP contribution in [0.5, 0.6) is 0 Å². The standard InChI is InChI=1S/C19H20N2O4S/c1-12(2)14-5-3-4-13(8-14)9-18(22)20-15-6-7-16-17(10-15)26(24,25)11-19(23)21-16/h3-8,10,12H,9,11H2,1-2H3,(H,20,22)(H,21,23). The van der Waals surface area contributed by atoms with Gasteiger partial charge in [0.25, 0.3) is 0 Å². The Kier molecular flexibility index (Phi) is 4.82. The van der Waals surface area contributed by atoms with E-state index in [0.717, 1.165) is 11.1 Å². The minimum atomic E-state index is -3.69. The molecule has 7 heteroatoms. The number of fused-ring (bicyclic) bond motifs is 1. The molecule has 0 fully saturated rings. The van der Waals surface area contributed by atoms with Gasteiger partial charge in [0.1, 0.15) is 5.75 Å². The molecule has 0 saturated carbocycles. The number of sulfone groups is 1. The molecule has 2 aromatic carbocycles. The van der Waals surface area contributed by atoms with Crippen molar-refractivity contribution in [1.29, 1.82) is 0 Å². The van der Waals surface area contributed by atoms with Gasteiger partial charge in [-0.25, -0.2) is 8.42 Å². The number of hydrogen-bond acceptors (Lipinski definition) is 4. The highest BCUT2D eigenvalue weighted by molar-refractivity contribution is 7.92. The summed E-state index contributed by atoms with van der Waals surface area (Å²) in [6.07, 6.45) is 0.196. The molecule has 1 aliphatic rings. The van der Waals surface area contributed by atoms with E-state index in [1.165, 1.54) is 12.1 Å². The predicted octanol–water partition coefficient (Wildman–Crippen LogP) is 2.72. The number of rotatable bonds is 4. The van der Waals surface area contributed by atoms with Crippen molar-refractivity contribution in [2.45, 2.75) is 31.1 Å². The van der Waals surface area contributed by atoms with Crippen LogP contribution in [0.25, 0.3) is 0 Å². The average Bonchev–Trinajstić information content (AvgIpc) is 2.55. The van der Waals surface area contributed by atoms with Crippen LogP contribution in [0, 0.1) is 0 Å². The number of carbonyl (C=O) groups excluding carboxylic acids is 2. The molecule has 136 valence electrons. The van der Waals surface area contributed by atoms with Crippen LogP contribution >= 0.6 is 0 Å². The topological polar surface area (TPSA) is 92.3 Å². The minimum Gasteiger partial charge on any atom is -0.326 e. The van der Waals surface area contributed by atoms with Gasteiger partial charge in [-0.2, -0.15) is 0 Å². The molecule has 2 amide bonds. The molecular formula is C19H20N2O4S. The van der Waals surface area contributed by atoms with E-state index in [2.05, 4.69) is 24.5 Å². The Hall–Kier alpha value is -2.67. The highest BCUT2D eigenvalue weighted by atomic mass is 32.2. The average molecular weight is 372 g/mol. The molecule has 2 N–H and O–H groups in total. The zero-order valence-corrected chi connectivity index (χ0v) is 15.4. The van der Waals surface area contributed by atoms with Gasteiger partial charge in [-0.1, -0.05) is 38.1 Å². The maximum atomic E-state index is 12.3. The second kappa shape index (κ2) is 6.92. The lowest BCUT2D eigenvalue weighted by Crippen LogP contribution is -2.29. The number of benzene rings is 2. The predicted molar refractivity (Wildman–Crippen MR) is 100.0 cm³/mol. The Balaban J connectivity index is 1.77. The highest BCUT2D eigenvalue weighted by Crippen LogP contribution is 2.29. The van der Waals surface area contributed by atoms with Crippen LogP contribution in [0.15, 0.2) is 47.4 Å². The van der Waals surface area contributed by atoms with Crippen LogP contribution in [-0.2, 0) is 25.8 Å². The first-order chi connectivity index (χ1) is 12.2. The van der Waals surface area contributed by atoms with E-state index in [0.29, 0.717) is 11.6 Å². The first kappa shape index (κ1) is 18.1. The van der Waals surface area contributed by atoms with E-state index < -0.39 is 21.5 Å². The Morgan fingerprint density at radius 2 is 1.96 bits per heavy atom. The normalized spacial score (nSPS) is 15.3. The van der Waals surface area contributed by atoms with Gasteiger partial charge in [0.15, 0.2) is 9.84 Å². The number of hydrogen-bond donors (Lipinski definition) is 2. The molecule has 1 aliphatic heterocycles. The van der Waals surface area contributed by atoms with Crippen molar-refractivity contribution < 1.29 is 18.0 Å². The molecule has 0 radical (unpaired) electrons. The fourth-order valence-electron chi connectivity index (χ4n) is 2.85. The third-order valence-electron chi connectivity index (χ3n) is 4.18. The third-order valence-corrected chi connectivity index (χ3v) is 5.83. The van der Waals surface area contributed by atoms with Gasteiger partial charge in [-0.15, -0.1) is 0 Å². The molecule has 3 rings (SSSR count). The smallest absolute Gasteiger partial charge is 0.239 e. The molecule has 0 aliphatic carbocycles. The molecule has 0 aromatic heterocycles. The zero-order valence-electron chi connectivity index (χ0n) is 14.6. The van der Waals surface area contributed by atoms with E-state index in [1.54, 1.807) is 6.07 Å². The van der Waals surface area contributed by atoms with Gasteiger partial charge >= 0.3 is 0 Å². The molecule has 0 spiro atoms. The Morgan fingerprint density at radius 1 is 1.19 bits per heavy atom. The molecule has 6 nitrogen and oxygen atoms in total. The summed E-state index contributed by atoms with van der Waals surface area (Å²) in [6.45, 7) is 4.18. The summed E-state index contributed by atoms with van der Waals surface area (Å²) in [6, 6.07) is 12.3. The lowest BCUT2D eigenvalue weighted by molar-refractivity contribution is -0.116. The van der Waals surface area contributed by atoms with Crippen LogP contribution in [0.3, 0.4) is 0 Å². The van der Waals surface area contributed by atoms with E-state index in [4.69, 9.17) is 0 Å². The second-order valence-electron chi connectivity index (χ2n) is 6.64. The summed E-state index contributed by atoms with van der Waals surface area (Å²) in [5.74, 6) is -0.999. The van der Waals surface area contributed by atoms with Gasteiger partial charge < -0.3 is 10.6 Å². The van der Waals surface area contributed by atoms with Gasteiger partial charge in [-0.3, -0.25) is 9.59 Å². The molecular weight excluding hydrogens is 352 g/mol. The summed E-state index contributed by atoms with van der Waals surface area (Å²) in [4.78, 5) is 23.8. The third kappa shape index (κ3) is 3.94. The maximum absolute atomic E-state index is 12.3. The van der Waals surface area contributed by atoms with Crippen LogP contribution in [0.1, 0.15) is 30.9 Å². The highest BCUT2D eigenvalue weighted by Gasteiger charge is 2.29. The molecule has 0 bridgehead atoms. The number of nitrogens with one attached hydrogen (secondary N) is 2. The first-order valence-corrected chi connectivity index (χ1v) is 9.95. The van der Waals surface area contributed by atoms with Crippen molar-refractivity contribution in [2.24, 2.45) is 0 Å². The summed E-state index contributed by atoms with van der Waals surface area (Å²) < 4.78 is 24.3. The van der Waals surface area contributed by atoms with E-state index in [9.17, 15) is 18.0 Å². The number of anilines is 2. The fourth-order valence-corrected chi connectivity index (χ4v) is 4.18. The monoisotopic (exact) mass is 372 g/mol. The van der Waals surface area contributed by atoms with Gasteiger partial charge in [0.05, 0.1) is 17.0 Å². The van der Waals surface area contributed by atoms with Gasteiger partial charge in [0, 0.05) is 5.69 Å². The maximum Gasteiger partial charge on any atom is 0.239 e. The number of amides is 2. The van der Waals surface area contributed by atoms with E-state index >= 15 is 0 Å². The first-order valence-electron chi connectivity index (χ1n) is 8.30. The molecule has 0 saturated heterocycles. The molecule has 1 heterocycles. The van der Waals surface area contributed by atoms with Crippen molar-refractivity contribution in [1.82, 2.24) is 0 Å². The number of carbonyl (C=O) groups is 2. The quantitative estimate of drug-likeness (QED) is 0.863. The van der Waals surface area contributed by atoms with Crippen molar-refractivity contribution in [2.75, 3.05) is 16.4 Å². The lowest BCUT2D eigenvalue weighted by Gasteiger charge is -2.18. The van der Waals surface area contributed by atoms with Crippen LogP contribution in [0.4, 0.5) is 11.4 Å². The van der Waals surface area contributed by atoms with Crippen LogP contribution in [-0.4, -0.2) is 26.0 Å². The molecule has 0 atom stereocenters. The second-order valence-corrected chi connectivity index (χ2v) is 8.60. The largest absolute Gasteiger partial charge is 0.326 e. The SMILES string of the molecule is CC(C)c1cccc(CC(=O)Nc2ccc3c(c2)S(=O)(=O)CC(=O)N3)c1. The van der Waals surface area contributed by atoms with Gasteiger partial charge in [0.2, 0.25) is 11.8 Å². The zero-order chi connectivity index (χ0) is 18.9. The van der Waals surface area contributed by atoms with E-state index in [1.807, 2.05) is 24.3 Å². The van der Waals surface area contributed by atoms with Crippen molar-refractivity contribution in [3.63, 3.8) is 0 Å². The summed E-state index contributed by atoms with van der Waals surface area (Å²) in [7, 11) is -3.69. The van der Waals surface area contributed by atoms with E-state index in [-0.39, 0.29) is 22.9 Å². The Morgan fingerprint density at radius 3 is 2.69 bits per heavy atom.